The van der Waals surface area contributed by atoms with Crippen LogP contribution < -0.4 is 5.73 Å². The molecule has 1 heterocycles. The highest BCUT2D eigenvalue weighted by atomic mass is 32.1. The first-order valence-electron chi connectivity index (χ1n) is 6.00. The summed E-state index contributed by atoms with van der Waals surface area (Å²) in [4.78, 5) is 16.5. The largest absolute Gasteiger partial charge is 0.338 e. The van der Waals surface area contributed by atoms with Gasteiger partial charge in [-0.1, -0.05) is 6.92 Å². The standard InChI is InChI=1S/C13H22N2OS/c1-9(7-8-14)13(16)15(4)11(3)12-6-5-10(2)17-12/h5-6,9,11H,7-8,14H2,1-4H3. The Bertz CT molecular complexity index is 375. The van der Waals surface area contributed by atoms with Crippen LogP contribution in [-0.2, 0) is 4.79 Å². The molecule has 1 amide bonds. The van der Waals surface area contributed by atoms with Gasteiger partial charge in [-0.3, -0.25) is 4.79 Å². The number of hydrogen-bond acceptors (Lipinski definition) is 3. The summed E-state index contributed by atoms with van der Waals surface area (Å²) in [5.41, 5.74) is 5.49. The lowest BCUT2D eigenvalue weighted by atomic mass is 10.1. The quantitative estimate of drug-likeness (QED) is 0.877. The van der Waals surface area contributed by atoms with E-state index in [9.17, 15) is 4.79 Å². The molecule has 17 heavy (non-hydrogen) atoms. The van der Waals surface area contributed by atoms with Gasteiger partial charge in [0, 0.05) is 22.7 Å². The Morgan fingerprint density at radius 2 is 2.12 bits per heavy atom. The third-order valence-corrected chi connectivity index (χ3v) is 4.29. The van der Waals surface area contributed by atoms with Crippen molar-refractivity contribution in [3.63, 3.8) is 0 Å². The Morgan fingerprint density at radius 3 is 2.59 bits per heavy atom. The first kappa shape index (κ1) is 14.2. The molecule has 2 unspecified atom stereocenters. The summed E-state index contributed by atoms with van der Waals surface area (Å²) in [5, 5.41) is 0. The van der Waals surface area contributed by atoms with Crippen LogP contribution in [0, 0.1) is 12.8 Å². The summed E-state index contributed by atoms with van der Waals surface area (Å²) in [6, 6.07) is 4.33. The smallest absolute Gasteiger partial charge is 0.225 e. The molecule has 3 nitrogen and oxygen atoms in total. The molecule has 4 heteroatoms. The van der Waals surface area contributed by atoms with Crippen LogP contribution in [0.4, 0.5) is 0 Å². The summed E-state index contributed by atoms with van der Waals surface area (Å²) in [5.74, 6) is 0.183. The van der Waals surface area contributed by atoms with Gasteiger partial charge in [-0.25, -0.2) is 0 Å². The highest BCUT2D eigenvalue weighted by Crippen LogP contribution is 2.27. The van der Waals surface area contributed by atoms with E-state index < -0.39 is 0 Å². The summed E-state index contributed by atoms with van der Waals surface area (Å²) >= 11 is 1.75. The third-order valence-electron chi connectivity index (χ3n) is 3.12. The molecule has 96 valence electrons. The van der Waals surface area contributed by atoms with Crippen molar-refractivity contribution in [3.05, 3.63) is 21.9 Å². The minimum Gasteiger partial charge on any atom is -0.338 e. The van der Waals surface area contributed by atoms with Crippen LogP contribution in [0.15, 0.2) is 12.1 Å². The summed E-state index contributed by atoms with van der Waals surface area (Å²) in [6.07, 6.45) is 0.749. The molecule has 0 bridgehead atoms. The monoisotopic (exact) mass is 254 g/mol. The minimum atomic E-state index is 0.00788. The number of rotatable bonds is 5. The van der Waals surface area contributed by atoms with E-state index in [2.05, 4.69) is 26.0 Å². The predicted octanol–water partition coefficient (Wildman–Crippen LogP) is 2.56. The van der Waals surface area contributed by atoms with Crippen molar-refractivity contribution in [1.29, 1.82) is 0 Å². The summed E-state index contributed by atoms with van der Waals surface area (Å²) in [7, 11) is 1.87. The second-order valence-corrected chi connectivity index (χ2v) is 5.87. The molecule has 0 aliphatic rings. The fourth-order valence-electron chi connectivity index (χ4n) is 1.78. The SMILES string of the molecule is Cc1ccc(C(C)N(C)C(=O)C(C)CCN)s1. The molecule has 0 aliphatic carbocycles. The van der Waals surface area contributed by atoms with E-state index >= 15 is 0 Å². The molecular weight excluding hydrogens is 232 g/mol. The molecule has 0 saturated carbocycles. The van der Waals surface area contributed by atoms with Crippen LogP contribution in [0.5, 0.6) is 0 Å². The van der Waals surface area contributed by atoms with E-state index in [4.69, 9.17) is 5.73 Å². The summed E-state index contributed by atoms with van der Waals surface area (Å²) < 4.78 is 0. The van der Waals surface area contributed by atoms with E-state index in [0.717, 1.165) is 6.42 Å². The number of aryl methyl sites for hydroxylation is 1. The molecule has 0 radical (unpaired) electrons. The van der Waals surface area contributed by atoms with Crippen molar-refractivity contribution in [3.8, 4) is 0 Å². The van der Waals surface area contributed by atoms with Gasteiger partial charge in [0.2, 0.25) is 5.91 Å². The van der Waals surface area contributed by atoms with Crippen LogP contribution in [0.1, 0.15) is 36.1 Å². The van der Waals surface area contributed by atoms with Crippen LogP contribution in [0.25, 0.3) is 0 Å². The van der Waals surface area contributed by atoms with Gasteiger partial charge in [0.25, 0.3) is 0 Å². The summed E-state index contributed by atoms with van der Waals surface area (Å²) in [6.45, 7) is 6.66. The molecule has 0 saturated heterocycles. The highest BCUT2D eigenvalue weighted by molar-refractivity contribution is 7.12. The zero-order chi connectivity index (χ0) is 13.0. The normalized spacial score (nSPS) is 14.4. The van der Waals surface area contributed by atoms with Gasteiger partial charge in [-0.05, 0) is 38.9 Å². The molecule has 2 N–H and O–H groups in total. The Morgan fingerprint density at radius 1 is 1.47 bits per heavy atom. The van der Waals surface area contributed by atoms with Crippen molar-refractivity contribution < 1.29 is 4.79 Å². The lowest BCUT2D eigenvalue weighted by molar-refractivity contribution is -0.135. The first-order chi connectivity index (χ1) is 7.97. The van der Waals surface area contributed by atoms with Crippen molar-refractivity contribution in [2.45, 2.75) is 33.2 Å². The van der Waals surface area contributed by atoms with Gasteiger partial charge in [0.05, 0.1) is 6.04 Å². The Balaban J connectivity index is 2.69. The fraction of sp³-hybridized carbons (Fsp3) is 0.615. The van der Waals surface area contributed by atoms with Crippen molar-refractivity contribution >= 4 is 17.2 Å². The van der Waals surface area contributed by atoms with Gasteiger partial charge >= 0.3 is 0 Å². The fourth-order valence-corrected chi connectivity index (χ4v) is 2.75. The Hall–Kier alpha value is -0.870. The van der Waals surface area contributed by atoms with E-state index in [-0.39, 0.29) is 17.9 Å². The van der Waals surface area contributed by atoms with E-state index in [1.54, 1.807) is 11.3 Å². The maximum absolute atomic E-state index is 12.1. The zero-order valence-corrected chi connectivity index (χ0v) is 11.9. The average Bonchev–Trinajstić information content (AvgIpc) is 2.73. The first-order valence-corrected chi connectivity index (χ1v) is 6.82. The second kappa shape index (κ2) is 6.17. The van der Waals surface area contributed by atoms with Gasteiger partial charge in [0.1, 0.15) is 0 Å². The maximum atomic E-state index is 12.1. The van der Waals surface area contributed by atoms with Crippen LogP contribution in [-0.4, -0.2) is 24.4 Å². The topological polar surface area (TPSA) is 46.3 Å². The number of nitrogens with two attached hydrogens (primary N) is 1. The molecule has 0 aliphatic heterocycles. The number of thiophene rings is 1. The van der Waals surface area contributed by atoms with Crippen LogP contribution >= 0.6 is 11.3 Å². The molecule has 1 aromatic heterocycles. The van der Waals surface area contributed by atoms with Gasteiger partial charge in [0.15, 0.2) is 0 Å². The molecule has 1 rings (SSSR count). The van der Waals surface area contributed by atoms with Crippen molar-refractivity contribution in [1.82, 2.24) is 4.90 Å². The van der Waals surface area contributed by atoms with Crippen molar-refractivity contribution in [2.75, 3.05) is 13.6 Å². The molecule has 0 spiro atoms. The van der Waals surface area contributed by atoms with Crippen LogP contribution in [0.2, 0.25) is 0 Å². The molecule has 1 aromatic rings. The third kappa shape index (κ3) is 3.54. The van der Waals surface area contributed by atoms with E-state index in [1.165, 1.54) is 9.75 Å². The second-order valence-electron chi connectivity index (χ2n) is 4.55. The molecule has 0 fully saturated rings. The Kier molecular flexibility index (Phi) is 5.15. The molecule has 2 atom stereocenters. The number of carbonyl (C=O) groups excluding carboxylic acids is 1. The number of hydrogen-bond donors (Lipinski definition) is 1. The zero-order valence-electron chi connectivity index (χ0n) is 11.1. The van der Waals surface area contributed by atoms with Gasteiger partial charge in [-0.2, -0.15) is 0 Å². The molecule has 0 aromatic carbocycles. The van der Waals surface area contributed by atoms with Crippen LogP contribution in [0.3, 0.4) is 0 Å². The van der Waals surface area contributed by atoms with Gasteiger partial charge < -0.3 is 10.6 Å². The lowest BCUT2D eigenvalue weighted by Gasteiger charge is -2.27. The Labute approximate surface area is 108 Å². The number of carbonyl (C=O) groups is 1. The molecular formula is C13H22N2OS. The average molecular weight is 254 g/mol. The number of amides is 1. The number of nitrogens with zero attached hydrogens (tertiary/aromatic N) is 1. The van der Waals surface area contributed by atoms with E-state index in [0.29, 0.717) is 6.54 Å². The van der Waals surface area contributed by atoms with Gasteiger partial charge in [-0.15, -0.1) is 11.3 Å². The van der Waals surface area contributed by atoms with E-state index in [1.807, 2.05) is 18.9 Å². The minimum absolute atomic E-state index is 0.00788. The predicted molar refractivity (Wildman–Crippen MR) is 73.1 cm³/mol. The van der Waals surface area contributed by atoms with Crippen molar-refractivity contribution in [2.24, 2.45) is 11.7 Å². The maximum Gasteiger partial charge on any atom is 0.225 e. The lowest BCUT2D eigenvalue weighted by Crippen LogP contribution is -2.34. The highest BCUT2D eigenvalue weighted by Gasteiger charge is 2.22.